The Labute approximate surface area is 132 Å². The monoisotopic (exact) mass is 315 g/mol. The van der Waals surface area contributed by atoms with Gasteiger partial charge in [-0.25, -0.2) is 4.98 Å². The summed E-state index contributed by atoms with van der Waals surface area (Å²) in [5, 5.41) is 14.9. The standard InChI is InChI=1S/C16H17N3O2S/c1-10-6-8-22-15(10)12(20)9-17-16(21)14-11(2)18-13-5-3-4-7-19(13)14/h3-8,12,20H,9H2,1-2H3,(H,17,21)/t12-/m0/s1. The molecule has 1 amide bonds. The van der Waals surface area contributed by atoms with Crippen LogP contribution in [-0.2, 0) is 0 Å². The normalized spacial score (nSPS) is 12.5. The summed E-state index contributed by atoms with van der Waals surface area (Å²) in [4.78, 5) is 17.7. The van der Waals surface area contributed by atoms with E-state index in [1.54, 1.807) is 4.40 Å². The molecule has 0 aliphatic carbocycles. The average Bonchev–Trinajstić information content (AvgIpc) is 3.06. The van der Waals surface area contributed by atoms with Gasteiger partial charge < -0.3 is 10.4 Å². The van der Waals surface area contributed by atoms with Crippen LogP contribution in [0.5, 0.6) is 0 Å². The van der Waals surface area contributed by atoms with Crippen molar-refractivity contribution in [3.8, 4) is 0 Å². The van der Waals surface area contributed by atoms with Gasteiger partial charge in [0.05, 0.1) is 5.69 Å². The molecule has 0 saturated carbocycles. The molecule has 0 aliphatic heterocycles. The second-order valence-corrected chi connectivity index (χ2v) is 6.12. The molecule has 0 aromatic carbocycles. The zero-order chi connectivity index (χ0) is 15.7. The fraction of sp³-hybridized carbons (Fsp3) is 0.250. The number of aliphatic hydroxyl groups excluding tert-OH is 1. The van der Waals surface area contributed by atoms with E-state index in [-0.39, 0.29) is 12.5 Å². The summed E-state index contributed by atoms with van der Waals surface area (Å²) in [6.07, 6.45) is 1.12. The Hall–Kier alpha value is -2.18. The van der Waals surface area contributed by atoms with E-state index in [9.17, 15) is 9.90 Å². The van der Waals surface area contributed by atoms with E-state index in [1.807, 2.05) is 49.7 Å². The van der Waals surface area contributed by atoms with Crippen molar-refractivity contribution >= 4 is 22.9 Å². The van der Waals surface area contributed by atoms with Crippen LogP contribution in [0.1, 0.15) is 32.7 Å². The summed E-state index contributed by atoms with van der Waals surface area (Å²) in [5.74, 6) is -0.232. The average molecular weight is 315 g/mol. The van der Waals surface area contributed by atoms with Crippen LogP contribution in [0.25, 0.3) is 5.65 Å². The topological polar surface area (TPSA) is 66.6 Å². The third kappa shape index (κ3) is 2.63. The maximum Gasteiger partial charge on any atom is 0.270 e. The van der Waals surface area contributed by atoms with Crippen molar-refractivity contribution < 1.29 is 9.90 Å². The Balaban J connectivity index is 1.77. The van der Waals surface area contributed by atoms with Crippen LogP contribution >= 0.6 is 11.3 Å². The highest BCUT2D eigenvalue weighted by atomic mass is 32.1. The number of rotatable bonds is 4. The number of hydrogen-bond acceptors (Lipinski definition) is 4. The minimum absolute atomic E-state index is 0.180. The molecule has 6 heteroatoms. The van der Waals surface area contributed by atoms with E-state index in [2.05, 4.69) is 10.3 Å². The smallest absolute Gasteiger partial charge is 0.270 e. The van der Waals surface area contributed by atoms with E-state index < -0.39 is 6.10 Å². The van der Waals surface area contributed by atoms with Crippen LogP contribution in [0.15, 0.2) is 35.8 Å². The van der Waals surface area contributed by atoms with Gasteiger partial charge >= 0.3 is 0 Å². The van der Waals surface area contributed by atoms with Crippen molar-refractivity contribution in [3.05, 3.63) is 57.7 Å². The highest BCUT2D eigenvalue weighted by Gasteiger charge is 2.18. The van der Waals surface area contributed by atoms with Crippen molar-refractivity contribution in [2.45, 2.75) is 20.0 Å². The van der Waals surface area contributed by atoms with Crippen LogP contribution < -0.4 is 5.32 Å². The SMILES string of the molecule is Cc1ccsc1[C@@H](O)CNC(=O)c1c(C)nc2ccccn12. The lowest BCUT2D eigenvalue weighted by Crippen LogP contribution is -2.29. The minimum Gasteiger partial charge on any atom is -0.386 e. The van der Waals surface area contributed by atoms with E-state index in [4.69, 9.17) is 0 Å². The Morgan fingerprint density at radius 3 is 2.95 bits per heavy atom. The van der Waals surface area contributed by atoms with E-state index in [1.165, 1.54) is 11.3 Å². The van der Waals surface area contributed by atoms with Crippen molar-refractivity contribution in [1.29, 1.82) is 0 Å². The number of imidazole rings is 1. The first kappa shape index (κ1) is 14.7. The van der Waals surface area contributed by atoms with E-state index >= 15 is 0 Å². The molecular formula is C16H17N3O2S. The number of hydrogen-bond donors (Lipinski definition) is 2. The molecule has 5 nitrogen and oxygen atoms in total. The largest absolute Gasteiger partial charge is 0.386 e. The lowest BCUT2D eigenvalue weighted by molar-refractivity contribution is 0.0911. The summed E-state index contributed by atoms with van der Waals surface area (Å²) in [7, 11) is 0. The summed E-state index contributed by atoms with van der Waals surface area (Å²) >= 11 is 1.49. The highest BCUT2D eigenvalue weighted by molar-refractivity contribution is 7.10. The molecule has 3 rings (SSSR count). The van der Waals surface area contributed by atoms with Crippen molar-refractivity contribution in [2.24, 2.45) is 0 Å². The number of nitrogens with one attached hydrogen (secondary N) is 1. The number of aryl methyl sites for hydroxylation is 2. The Bertz CT molecular complexity index is 822. The van der Waals surface area contributed by atoms with Crippen LogP contribution in [0.2, 0.25) is 0 Å². The highest BCUT2D eigenvalue weighted by Crippen LogP contribution is 2.23. The lowest BCUT2D eigenvalue weighted by atomic mass is 10.2. The molecular weight excluding hydrogens is 298 g/mol. The van der Waals surface area contributed by atoms with Crippen LogP contribution in [0, 0.1) is 13.8 Å². The number of aliphatic hydroxyl groups is 1. The predicted molar refractivity (Wildman–Crippen MR) is 86.3 cm³/mol. The zero-order valence-corrected chi connectivity index (χ0v) is 13.2. The second kappa shape index (κ2) is 5.90. The number of carbonyl (C=O) groups is 1. The molecule has 114 valence electrons. The first-order valence-corrected chi connectivity index (χ1v) is 7.90. The molecule has 0 aliphatic rings. The third-order valence-electron chi connectivity index (χ3n) is 3.58. The van der Waals surface area contributed by atoms with Gasteiger partial charge in [-0.2, -0.15) is 0 Å². The molecule has 3 aromatic rings. The molecule has 0 spiro atoms. The van der Waals surface area contributed by atoms with E-state index in [0.29, 0.717) is 11.4 Å². The van der Waals surface area contributed by atoms with Gasteiger partial charge in [0.1, 0.15) is 17.4 Å². The number of amides is 1. The van der Waals surface area contributed by atoms with Gasteiger partial charge in [-0.3, -0.25) is 9.20 Å². The van der Waals surface area contributed by atoms with Crippen LogP contribution in [0.3, 0.4) is 0 Å². The molecule has 2 N–H and O–H groups in total. The number of nitrogens with zero attached hydrogens (tertiary/aromatic N) is 2. The Kier molecular flexibility index (Phi) is 3.96. The van der Waals surface area contributed by atoms with Crippen LogP contribution in [-0.4, -0.2) is 26.9 Å². The first-order valence-electron chi connectivity index (χ1n) is 7.02. The number of aromatic nitrogens is 2. The summed E-state index contributed by atoms with van der Waals surface area (Å²) in [6.45, 7) is 3.94. The van der Waals surface area contributed by atoms with Crippen molar-refractivity contribution in [3.63, 3.8) is 0 Å². The van der Waals surface area contributed by atoms with Gasteiger partial charge in [0, 0.05) is 17.6 Å². The molecule has 3 heterocycles. The molecule has 0 radical (unpaired) electrons. The molecule has 0 fully saturated rings. The molecule has 22 heavy (non-hydrogen) atoms. The minimum atomic E-state index is -0.691. The van der Waals surface area contributed by atoms with Gasteiger partial charge in [0.15, 0.2) is 0 Å². The second-order valence-electron chi connectivity index (χ2n) is 5.17. The van der Waals surface area contributed by atoms with Gasteiger partial charge in [0.2, 0.25) is 0 Å². The van der Waals surface area contributed by atoms with Crippen LogP contribution in [0.4, 0.5) is 0 Å². The number of fused-ring (bicyclic) bond motifs is 1. The van der Waals surface area contributed by atoms with E-state index in [0.717, 1.165) is 16.1 Å². The number of carbonyl (C=O) groups excluding carboxylic acids is 1. The summed E-state index contributed by atoms with van der Waals surface area (Å²) < 4.78 is 1.76. The lowest BCUT2D eigenvalue weighted by Gasteiger charge is -2.11. The molecule has 1 atom stereocenters. The number of thiophene rings is 1. The number of pyridine rings is 1. The molecule has 0 saturated heterocycles. The van der Waals surface area contributed by atoms with Crippen molar-refractivity contribution in [1.82, 2.24) is 14.7 Å². The molecule has 0 unspecified atom stereocenters. The maximum absolute atomic E-state index is 12.4. The summed E-state index contributed by atoms with van der Waals surface area (Å²) in [6, 6.07) is 7.55. The maximum atomic E-state index is 12.4. The Morgan fingerprint density at radius 2 is 2.23 bits per heavy atom. The van der Waals surface area contributed by atoms with Gasteiger partial charge in [0.25, 0.3) is 5.91 Å². The third-order valence-corrected chi connectivity index (χ3v) is 4.70. The molecule has 3 aromatic heterocycles. The van der Waals surface area contributed by atoms with Gasteiger partial charge in [-0.05, 0) is 43.0 Å². The van der Waals surface area contributed by atoms with Gasteiger partial charge in [-0.15, -0.1) is 11.3 Å². The fourth-order valence-corrected chi connectivity index (χ4v) is 3.39. The first-order chi connectivity index (χ1) is 10.6. The quantitative estimate of drug-likeness (QED) is 0.777. The van der Waals surface area contributed by atoms with Gasteiger partial charge in [-0.1, -0.05) is 6.07 Å². The zero-order valence-electron chi connectivity index (χ0n) is 12.4. The Morgan fingerprint density at radius 1 is 1.41 bits per heavy atom. The molecule has 0 bridgehead atoms. The summed E-state index contributed by atoms with van der Waals surface area (Å²) in [5.41, 5.74) is 2.95. The predicted octanol–water partition coefficient (Wildman–Crippen LogP) is 2.48. The van der Waals surface area contributed by atoms with Crippen molar-refractivity contribution in [2.75, 3.05) is 6.54 Å². The fourth-order valence-electron chi connectivity index (χ4n) is 2.48.